The van der Waals surface area contributed by atoms with Gasteiger partial charge in [0.2, 0.25) is 0 Å². The molecule has 0 aromatic heterocycles. The summed E-state index contributed by atoms with van der Waals surface area (Å²) < 4.78 is 5.50. The van der Waals surface area contributed by atoms with E-state index in [2.05, 4.69) is 0 Å². The van der Waals surface area contributed by atoms with Crippen molar-refractivity contribution in [2.75, 3.05) is 6.61 Å². The quantitative estimate of drug-likeness (QED) is 0.809. The minimum absolute atomic E-state index is 0.123. The molecule has 0 radical (unpaired) electrons. The molecular formula is C12H16O3. The van der Waals surface area contributed by atoms with Crippen molar-refractivity contribution < 1.29 is 14.6 Å². The number of hydrogen-bond acceptors (Lipinski definition) is 2. The maximum absolute atomic E-state index is 11.0. The molecule has 15 heavy (non-hydrogen) atoms. The van der Waals surface area contributed by atoms with Crippen LogP contribution in [0.3, 0.4) is 0 Å². The molecule has 0 aliphatic carbocycles. The largest absolute Gasteiger partial charge is 0.478 e. The highest BCUT2D eigenvalue weighted by molar-refractivity contribution is 5.89. The van der Waals surface area contributed by atoms with Gasteiger partial charge in [0.1, 0.15) is 0 Å². The summed E-state index contributed by atoms with van der Waals surface area (Å²) in [6.45, 7) is 4.48. The molecule has 0 saturated carbocycles. The molecule has 0 saturated heterocycles. The lowest BCUT2D eigenvalue weighted by Crippen LogP contribution is -2.09. The zero-order valence-corrected chi connectivity index (χ0v) is 9.06. The topological polar surface area (TPSA) is 46.5 Å². The smallest absolute Gasteiger partial charge is 0.336 e. The average molecular weight is 208 g/mol. The van der Waals surface area contributed by atoms with Gasteiger partial charge in [-0.05, 0) is 25.0 Å². The van der Waals surface area contributed by atoms with Crippen molar-refractivity contribution in [2.24, 2.45) is 0 Å². The molecule has 0 aliphatic rings. The van der Waals surface area contributed by atoms with Gasteiger partial charge in [-0.1, -0.05) is 25.1 Å². The predicted octanol–water partition coefficient (Wildman–Crippen LogP) is 2.87. The lowest BCUT2D eigenvalue weighted by atomic mass is 10.0. The summed E-state index contributed by atoms with van der Waals surface area (Å²) in [5.74, 6) is -0.899. The molecule has 1 rings (SSSR count). The molecule has 0 heterocycles. The van der Waals surface area contributed by atoms with E-state index in [9.17, 15) is 4.79 Å². The van der Waals surface area contributed by atoms with Crippen LogP contribution in [0.25, 0.3) is 0 Å². The monoisotopic (exact) mass is 208 g/mol. The van der Waals surface area contributed by atoms with Gasteiger partial charge < -0.3 is 9.84 Å². The van der Waals surface area contributed by atoms with E-state index in [-0.39, 0.29) is 6.10 Å². The molecular weight excluding hydrogens is 192 g/mol. The van der Waals surface area contributed by atoms with Crippen molar-refractivity contribution in [1.29, 1.82) is 0 Å². The molecule has 1 atom stereocenters. The van der Waals surface area contributed by atoms with Crippen LogP contribution >= 0.6 is 0 Å². The van der Waals surface area contributed by atoms with Gasteiger partial charge in [0.05, 0.1) is 11.7 Å². The lowest BCUT2D eigenvalue weighted by Gasteiger charge is -2.17. The van der Waals surface area contributed by atoms with E-state index in [1.54, 1.807) is 12.1 Å². The van der Waals surface area contributed by atoms with Crippen LogP contribution in [0.4, 0.5) is 0 Å². The summed E-state index contributed by atoms with van der Waals surface area (Å²) in [5, 5.41) is 9.02. The van der Waals surface area contributed by atoms with Crippen LogP contribution in [0.15, 0.2) is 24.3 Å². The fourth-order valence-corrected chi connectivity index (χ4v) is 1.60. The van der Waals surface area contributed by atoms with Crippen LogP contribution in [-0.2, 0) is 4.74 Å². The molecule has 1 unspecified atom stereocenters. The third-order valence-corrected chi connectivity index (χ3v) is 2.28. The molecule has 0 fully saturated rings. The Morgan fingerprint density at radius 2 is 2.07 bits per heavy atom. The van der Waals surface area contributed by atoms with Crippen molar-refractivity contribution in [3.63, 3.8) is 0 Å². The third kappa shape index (κ3) is 2.80. The van der Waals surface area contributed by atoms with Crippen LogP contribution in [0, 0.1) is 0 Å². The first-order chi connectivity index (χ1) is 7.20. The Hall–Kier alpha value is -1.35. The Bertz CT molecular complexity index is 333. The molecule has 1 aromatic carbocycles. The highest BCUT2D eigenvalue weighted by Crippen LogP contribution is 2.24. The minimum Gasteiger partial charge on any atom is -0.478 e. The summed E-state index contributed by atoms with van der Waals surface area (Å²) in [7, 11) is 0. The van der Waals surface area contributed by atoms with Gasteiger partial charge >= 0.3 is 5.97 Å². The highest BCUT2D eigenvalue weighted by Gasteiger charge is 2.16. The van der Waals surface area contributed by atoms with Crippen molar-refractivity contribution in [3.05, 3.63) is 35.4 Å². The van der Waals surface area contributed by atoms with Gasteiger partial charge in [0, 0.05) is 6.61 Å². The van der Waals surface area contributed by atoms with E-state index in [1.807, 2.05) is 26.0 Å². The number of hydrogen-bond donors (Lipinski definition) is 1. The second-order valence-electron chi connectivity index (χ2n) is 3.24. The summed E-state index contributed by atoms with van der Waals surface area (Å²) in [6.07, 6.45) is 0.653. The maximum Gasteiger partial charge on any atom is 0.336 e. The zero-order chi connectivity index (χ0) is 11.3. The molecule has 1 aromatic rings. The number of benzene rings is 1. The molecule has 82 valence electrons. The van der Waals surface area contributed by atoms with Gasteiger partial charge in [0.15, 0.2) is 0 Å². The number of ether oxygens (including phenoxy) is 1. The van der Waals surface area contributed by atoms with Crippen LogP contribution in [-0.4, -0.2) is 17.7 Å². The molecule has 3 nitrogen and oxygen atoms in total. The Kier molecular flexibility index (Phi) is 4.31. The molecule has 0 amide bonds. The molecule has 0 bridgehead atoms. The lowest BCUT2D eigenvalue weighted by molar-refractivity contribution is 0.0553. The zero-order valence-electron chi connectivity index (χ0n) is 9.06. The van der Waals surface area contributed by atoms with Crippen molar-refractivity contribution in [1.82, 2.24) is 0 Å². The SMILES string of the molecule is CCOC(CC)c1ccccc1C(=O)O. The maximum atomic E-state index is 11.0. The van der Waals surface area contributed by atoms with Gasteiger partial charge in [-0.3, -0.25) is 0 Å². The van der Waals surface area contributed by atoms with Gasteiger partial charge in [-0.25, -0.2) is 4.79 Å². The second-order valence-corrected chi connectivity index (χ2v) is 3.24. The summed E-state index contributed by atoms with van der Waals surface area (Å²) >= 11 is 0. The first-order valence-electron chi connectivity index (χ1n) is 5.14. The van der Waals surface area contributed by atoms with Crippen LogP contribution in [0.5, 0.6) is 0 Å². The molecule has 0 spiro atoms. The van der Waals surface area contributed by atoms with Crippen molar-refractivity contribution in [2.45, 2.75) is 26.4 Å². The number of carbonyl (C=O) groups is 1. The van der Waals surface area contributed by atoms with Gasteiger partial charge in [-0.15, -0.1) is 0 Å². The highest BCUT2D eigenvalue weighted by atomic mass is 16.5. The summed E-state index contributed by atoms with van der Waals surface area (Å²) in [6, 6.07) is 6.99. The Balaban J connectivity index is 3.04. The van der Waals surface area contributed by atoms with E-state index < -0.39 is 5.97 Å². The summed E-state index contributed by atoms with van der Waals surface area (Å²) in [4.78, 5) is 11.0. The number of carboxylic acids is 1. The number of aromatic carboxylic acids is 1. The van der Waals surface area contributed by atoms with E-state index in [0.29, 0.717) is 12.2 Å². The van der Waals surface area contributed by atoms with Gasteiger partial charge in [-0.2, -0.15) is 0 Å². The Labute approximate surface area is 89.7 Å². The van der Waals surface area contributed by atoms with Crippen molar-refractivity contribution >= 4 is 5.97 Å². The van der Waals surface area contributed by atoms with Crippen molar-refractivity contribution in [3.8, 4) is 0 Å². The van der Waals surface area contributed by atoms with E-state index in [1.165, 1.54) is 0 Å². The van der Waals surface area contributed by atoms with Crippen LogP contribution in [0.1, 0.15) is 42.3 Å². The fraction of sp³-hybridized carbons (Fsp3) is 0.417. The first-order valence-corrected chi connectivity index (χ1v) is 5.14. The third-order valence-electron chi connectivity index (χ3n) is 2.28. The van der Waals surface area contributed by atoms with E-state index in [4.69, 9.17) is 9.84 Å². The Morgan fingerprint density at radius 3 is 2.60 bits per heavy atom. The van der Waals surface area contributed by atoms with E-state index in [0.717, 1.165) is 12.0 Å². The predicted molar refractivity (Wildman–Crippen MR) is 58.1 cm³/mol. The second kappa shape index (κ2) is 5.51. The normalized spacial score (nSPS) is 12.4. The number of carboxylic acid groups (broad SMARTS) is 1. The minimum atomic E-state index is -0.899. The van der Waals surface area contributed by atoms with E-state index >= 15 is 0 Å². The molecule has 1 N–H and O–H groups in total. The molecule has 0 aliphatic heterocycles. The van der Waals surface area contributed by atoms with Crippen LogP contribution in [0.2, 0.25) is 0 Å². The Morgan fingerprint density at radius 1 is 1.40 bits per heavy atom. The van der Waals surface area contributed by atoms with Gasteiger partial charge in [0.25, 0.3) is 0 Å². The standard InChI is InChI=1S/C12H16O3/c1-3-11(15-4-2)9-7-5-6-8-10(9)12(13)14/h5-8,11H,3-4H2,1-2H3,(H,13,14). The molecule has 3 heteroatoms. The first kappa shape index (κ1) is 11.7. The average Bonchev–Trinajstić information content (AvgIpc) is 2.26. The number of rotatable bonds is 5. The van der Waals surface area contributed by atoms with Crippen LogP contribution < -0.4 is 0 Å². The summed E-state index contributed by atoms with van der Waals surface area (Å²) in [5.41, 5.74) is 1.09. The fourth-order valence-electron chi connectivity index (χ4n) is 1.60.